The first-order chi connectivity index (χ1) is 9.78. The minimum absolute atomic E-state index is 0.235. The van der Waals surface area contributed by atoms with Gasteiger partial charge in [0.05, 0.1) is 5.52 Å². The highest BCUT2D eigenvalue weighted by Crippen LogP contribution is 2.20. The summed E-state index contributed by atoms with van der Waals surface area (Å²) in [4.78, 5) is 18.2. The van der Waals surface area contributed by atoms with Crippen LogP contribution in [-0.2, 0) is 11.2 Å². The molecule has 1 atom stereocenters. The third kappa shape index (κ3) is 2.51. The van der Waals surface area contributed by atoms with Crippen LogP contribution in [0.3, 0.4) is 0 Å². The van der Waals surface area contributed by atoms with Crippen molar-refractivity contribution < 1.29 is 4.79 Å². The Labute approximate surface area is 118 Å². The number of aromatic nitrogens is 1. The number of hydrogen-bond acceptors (Lipinski definition) is 3. The van der Waals surface area contributed by atoms with E-state index in [0.717, 1.165) is 25.0 Å². The second kappa shape index (κ2) is 5.59. The first kappa shape index (κ1) is 13.1. The fraction of sp³-hybridized carbons (Fsp3) is 0.375. The van der Waals surface area contributed by atoms with Crippen LogP contribution in [0.1, 0.15) is 12.0 Å². The van der Waals surface area contributed by atoms with E-state index in [1.54, 1.807) is 0 Å². The molecule has 1 aromatic heterocycles. The average molecular weight is 269 g/mol. The van der Waals surface area contributed by atoms with Gasteiger partial charge in [-0.3, -0.25) is 9.78 Å². The van der Waals surface area contributed by atoms with Gasteiger partial charge < -0.3 is 10.6 Å². The van der Waals surface area contributed by atoms with Gasteiger partial charge in [0.15, 0.2) is 0 Å². The Morgan fingerprint density at radius 3 is 3.00 bits per heavy atom. The minimum Gasteiger partial charge on any atom is -0.342 e. The number of benzene rings is 1. The number of likely N-dealkylation sites (tertiary alicyclic amines) is 1. The van der Waals surface area contributed by atoms with Crippen LogP contribution in [0.2, 0.25) is 0 Å². The maximum atomic E-state index is 11.9. The van der Waals surface area contributed by atoms with Crippen LogP contribution in [0.4, 0.5) is 0 Å². The number of rotatable bonds is 4. The van der Waals surface area contributed by atoms with Crippen molar-refractivity contribution in [2.75, 3.05) is 19.6 Å². The molecule has 0 bridgehead atoms. The molecule has 0 spiro atoms. The summed E-state index contributed by atoms with van der Waals surface area (Å²) in [5.74, 6) is 0.565. The van der Waals surface area contributed by atoms with Gasteiger partial charge in [-0.25, -0.2) is 0 Å². The van der Waals surface area contributed by atoms with Crippen LogP contribution in [0.15, 0.2) is 36.5 Å². The molecule has 20 heavy (non-hydrogen) atoms. The molecule has 104 valence electrons. The van der Waals surface area contributed by atoms with Crippen LogP contribution >= 0.6 is 0 Å². The summed E-state index contributed by atoms with van der Waals surface area (Å²) in [6, 6.07) is 10.2. The Bertz CT molecular complexity index is 621. The zero-order valence-corrected chi connectivity index (χ0v) is 11.5. The number of pyridine rings is 1. The largest absolute Gasteiger partial charge is 0.342 e. The molecule has 1 unspecified atom stereocenters. The summed E-state index contributed by atoms with van der Waals surface area (Å²) in [6.07, 6.45) is 3.28. The molecule has 2 N–H and O–H groups in total. The van der Waals surface area contributed by atoms with Gasteiger partial charge in [0.1, 0.15) is 0 Å². The first-order valence-electron chi connectivity index (χ1n) is 7.08. The molecule has 2 aromatic rings. The van der Waals surface area contributed by atoms with Gasteiger partial charge in [-0.05, 0) is 36.6 Å². The molecular formula is C16H19N3O. The van der Waals surface area contributed by atoms with Crippen LogP contribution in [0.5, 0.6) is 0 Å². The summed E-state index contributed by atoms with van der Waals surface area (Å²) < 4.78 is 0. The molecule has 0 aliphatic carbocycles. The van der Waals surface area contributed by atoms with Gasteiger partial charge >= 0.3 is 0 Å². The molecule has 2 heterocycles. The molecule has 1 amide bonds. The van der Waals surface area contributed by atoms with E-state index in [2.05, 4.69) is 17.1 Å². The van der Waals surface area contributed by atoms with Crippen molar-refractivity contribution in [2.24, 2.45) is 11.7 Å². The molecule has 1 saturated heterocycles. The van der Waals surface area contributed by atoms with E-state index in [1.807, 2.05) is 29.3 Å². The highest BCUT2D eigenvalue weighted by molar-refractivity contribution is 5.82. The monoisotopic (exact) mass is 269 g/mol. The van der Waals surface area contributed by atoms with E-state index < -0.39 is 0 Å². The Balaban J connectivity index is 1.73. The lowest BCUT2D eigenvalue weighted by Gasteiger charge is -2.17. The highest BCUT2D eigenvalue weighted by atomic mass is 16.2. The smallest absolute Gasteiger partial charge is 0.222 e. The first-order valence-corrected chi connectivity index (χ1v) is 7.08. The van der Waals surface area contributed by atoms with Gasteiger partial charge in [0, 0.05) is 31.1 Å². The quantitative estimate of drug-likeness (QED) is 0.917. The Hall–Kier alpha value is -1.94. The van der Waals surface area contributed by atoms with Crippen molar-refractivity contribution >= 4 is 16.8 Å². The summed E-state index contributed by atoms with van der Waals surface area (Å²) in [5, 5.41) is 1.18. The normalized spacial score (nSPS) is 18.9. The van der Waals surface area contributed by atoms with E-state index in [-0.39, 0.29) is 5.91 Å². The molecule has 1 aromatic carbocycles. The Kier molecular flexibility index (Phi) is 3.65. The fourth-order valence-electron chi connectivity index (χ4n) is 2.87. The average Bonchev–Trinajstić information content (AvgIpc) is 2.85. The molecule has 1 fully saturated rings. The van der Waals surface area contributed by atoms with Gasteiger partial charge in [0.2, 0.25) is 5.91 Å². The topological polar surface area (TPSA) is 59.2 Å². The Morgan fingerprint density at radius 1 is 1.30 bits per heavy atom. The van der Waals surface area contributed by atoms with Crippen molar-refractivity contribution in [3.8, 4) is 0 Å². The van der Waals surface area contributed by atoms with Crippen LogP contribution in [0.25, 0.3) is 10.9 Å². The van der Waals surface area contributed by atoms with Gasteiger partial charge in [0.25, 0.3) is 0 Å². The lowest BCUT2D eigenvalue weighted by molar-refractivity contribution is -0.127. The van der Waals surface area contributed by atoms with Crippen LogP contribution < -0.4 is 5.73 Å². The van der Waals surface area contributed by atoms with E-state index in [1.165, 1.54) is 10.9 Å². The molecule has 0 radical (unpaired) electrons. The van der Waals surface area contributed by atoms with Crippen molar-refractivity contribution in [1.82, 2.24) is 9.88 Å². The molecule has 1 aliphatic heterocycles. The second-order valence-corrected chi connectivity index (χ2v) is 5.38. The minimum atomic E-state index is 0.235. The van der Waals surface area contributed by atoms with Crippen molar-refractivity contribution in [3.63, 3.8) is 0 Å². The van der Waals surface area contributed by atoms with Crippen molar-refractivity contribution in [3.05, 3.63) is 42.1 Å². The second-order valence-electron chi connectivity index (χ2n) is 5.38. The standard InChI is InChI=1S/C16H19N3O/c17-10-12-9-16(20)19(11-12)8-6-13-3-1-5-15-14(13)4-2-7-18-15/h1-5,7,12H,6,8-11,17H2. The predicted molar refractivity (Wildman–Crippen MR) is 79.2 cm³/mol. The number of fused-ring (bicyclic) bond motifs is 1. The summed E-state index contributed by atoms with van der Waals surface area (Å²) in [6.45, 7) is 2.17. The number of amides is 1. The number of nitrogens with zero attached hydrogens (tertiary/aromatic N) is 2. The lowest BCUT2D eigenvalue weighted by atomic mass is 10.1. The molecule has 1 aliphatic rings. The molecule has 0 saturated carbocycles. The SMILES string of the molecule is NCC1CC(=O)N(CCc2cccc3ncccc23)C1. The summed E-state index contributed by atoms with van der Waals surface area (Å²) >= 11 is 0. The summed E-state index contributed by atoms with van der Waals surface area (Å²) in [7, 11) is 0. The third-order valence-electron chi connectivity index (χ3n) is 4.01. The zero-order chi connectivity index (χ0) is 13.9. The maximum Gasteiger partial charge on any atom is 0.222 e. The van der Waals surface area contributed by atoms with Crippen molar-refractivity contribution in [2.45, 2.75) is 12.8 Å². The zero-order valence-electron chi connectivity index (χ0n) is 11.5. The fourth-order valence-corrected chi connectivity index (χ4v) is 2.87. The van der Waals surface area contributed by atoms with Crippen LogP contribution in [-0.4, -0.2) is 35.4 Å². The maximum absolute atomic E-state index is 11.9. The van der Waals surface area contributed by atoms with Crippen molar-refractivity contribution in [1.29, 1.82) is 0 Å². The summed E-state index contributed by atoms with van der Waals surface area (Å²) in [5.41, 5.74) is 7.91. The van der Waals surface area contributed by atoms with Gasteiger partial charge in [-0.1, -0.05) is 18.2 Å². The highest BCUT2D eigenvalue weighted by Gasteiger charge is 2.27. The van der Waals surface area contributed by atoms with E-state index in [4.69, 9.17) is 5.73 Å². The molecule has 4 nitrogen and oxygen atoms in total. The van der Waals surface area contributed by atoms with Gasteiger partial charge in [-0.2, -0.15) is 0 Å². The molecule has 3 rings (SSSR count). The van der Waals surface area contributed by atoms with E-state index in [0.29, 0.717) is 18.9 Å². The van der Waals surface area contributed by atoms with Crippen LogP contribution in [0, 0.1) is 5.92 Å². The predicted octanol–water partition coefficient (Wildman–Crippen LogP) is 1.58. The number of hydrogen-bond donors (Lipinski definition) is 1. The molecule has 4 heteroatoms. The third-order valence-corrected chi connectivity index (χ3v) is 4.01. The van der Waals surface area contributed by atoms with E-state index >= 15 is 0 Å². The van der Waals surface area contributed by atoms with Gasteiger partial charge in [-0.15, -0.1) is 0 Å². The lowest BCUT2D eigenvalue weighted by Crippen LogP contribution is -2.28. The number of carbonyl (C=O) groups is 1. The number of nitrogens with two attached hydrogens (primary N) is 1. The van der Waals surface area contributed by atoms with E-state index in [9.17, 15) is 4.79 Å². The molecular weight excluding hydrogens is 250 g/mol. The Morgan fingerprint density at radius 2 is 2.20 bits per heavy atom. The number of carbonyl (C=O) groups excluding carboxylic acids is 1.